The summed E-state index contributed by atoms with van der Waals surface area (Å²) in [5, 5.41) is 12.4. The van der Waals surface area contributed by atoms with E-state index in [4.69, 9.17) is 5.11 Å². The predicted molar refractivity (Wildman–Crippen MR) is 73.4 cm³/mol. The maximum Gasteiger partial charge on any atom is 0.352 e. The number of hydrogen-bond acceptors (Lipinski definition) is 2. The number of carbonyl (C=O) groups excluding carboxylic acids is 1. The van der Waals surface area contributed by atoms with E-state index in [0.29, 0.717) is 6.42 Å². The van der Waals surface area contributed by atoms with E-state index in [-0.39, 0.29) is 22.9 Å². The third-order valence-corrected chi connectivity index (χ3v) is 3.82. The molecule has 0 aromatic carbocycles. The van der Waals surface area contributed by atoms with Gasteiger partial charge in [-0.05, 0) is 31.1 Å². The number of carbonyl (C=O) groups is 2. The molecule has 1 fully saturated rings. The van der Waals surface area contributed by atoms with Gasteiger partial charge >= 0.3 is 5.97 Å². The molecule has 0 aromatic heterocycles. The van der Waals surface area contributed by atoms with Gasteiger partial charge in [-0.2, -0.15) is 0 Å². The average Bonchev–Trinajstić information content (AvgIpc) is 2.92. The number of allylic oxidation sites excluding steroid dienone is 1. The van der Waals surface area contributed by atoms with Crippen LogP contribution in [0.25, 0.3) is 0 Å². The summed E-state index contributed by atoms with van der Waals surface area (Å²) in [5.74, 6) is -1.29. The van der Waals surface area contributed by atoms with Crippen LogP contribution in [0.2, 0.25) is 0 Å². The molecule has 0 radical (unpaired) electrons. The number of hydrogen-bond donors (Lipinski definition) is 2. The highest BCUT2D eigenvalue weighted by Gasteiger charge is 2.50. The zero-order valence-corrected chi connectivity index (χ0v) is 12.4. The van der Waals surface area contributed by atoms with Crippen LogP contribution in [0.4, 0.5) is 0 Å². The lowest BCUT2D eigenvalue weighted by atomic mass is 10.1. The lowest BCUT2D eigenvalue weighted by Gasteiger charge is -2.07. The number of alkyl halides is 1. The van der Waals surface area contributed by atoms with Crippen molar-refractivity contribution in [2.24, 2.45) is 11.3 Å². The molecule has 5 heteroatoms. The normalized spacial score (nSPS) is 21.5. The minimum absolute atomic E-state index is 0.0114. The van der Waals surface area contributed by atoms with E-state index in [9.17, 15) is 9.59 Å². The molecule has 1 atom stereocenters. The number of carboxylic acids is 1. The molecule has 1 amide bonds. The van der Waals surface area contributed by atoms with E-state index in [1.807, 2.05) is 13.8 Å². The molecule has 0 aliphatic heterocycles. The van der Waals surface area contributed by atoms with Gasteiger partial charge in [0.15, 0.2) is 0 Å². The van der Waals surface area contributed by atoms with Crippen LogP contribution in [-0.2, 0) is 9.59 Å². The van der Waals surface area contributed by atoms with Gasteiger partial charge in [-0.1, -0.05) is 35.9 Å². The molecule has 0 bridgehead atoms. The van der Waals surface area contributed by atoms with Crippen molar-refractivity contribution in [3.63, 3.8) is 0 Å². The maximum atomic E-state index is 11.8. The Morgan fingerprint density at radius 1 is 1.44 bits per heavy atom. The van der Waals surface area contributed by atoms with Gasteiger partial charge < -0.3 is 10.4 Å². The molecule has 2 N–H and O–H groups in total. The highest BCUT2D eigenvalue weighted by Crippen LogP contribution is 2.51. The Balaban J connectivity index is 2.48. The second kappa shape index (κ2) is 6.36. The van der Waals surface area contributed by atoms with E-state index >= 15 is 0 Å². The Morgan fingerprint density at radius 3 is 2.50 bits per heavy atom. The van der Waals surface area contributed by atoms with Gasteiger partial charge in [0, 0.05) is 11.2 Å². The van der Waals surface area contributed by atoms with E-state index in [0.717, 1.165) is 24.6 Å². The van der Waals surface area contributed by atoms with Crippen LogP contribution < -0.4 is 5.32 Å². The molecule has 1 aliphatic carbocycles. The van der Waals surface area contributed by atoms with Gasteiger partial charge in [-0.25, -0.2) is 4.79 Å². The van der Waals surface area contributed by atoms with E-state index in [1.165, 1.54) is 0 Å². The third kappa shape index (κ3) is 4.44. The quantitative estimate of drug-likeness (QED) is 0.431. The molecular weight excluding hydrogens is 298 g/mol. The van der Waals surface area contributed by atoms with Crippen molar-refractivity contribution in [3.05, 3.63) is 11.8 Å². The van der Waals surface area contributed by atoms with Crippen LogP contribution in [0.1, 0.15) is 39.5 Å². The zero-order chi connectivity index (χ0) is 13.8. The highest BCUT2D eigenvalue weighted by molar-refractivity contribution is 9.09. The zero-order valence-electron chi connectivity index (χ0n) is 10.8. The fourth-order valence-corrected chi connectivity index (χ4v) is 2.21. The van der Waals surface area contributed by atoms with Crippen molar-refractivity contribution in [1.29, 1.82) is 0 Å². The summed E-state index contributed by atoms with van der Waals surface area (Å²) in [6.45, 7) is 4.02. The van der Waals surface area contributed by atoms with Crippen LogP contribution >= 0.6 is 15.9 Å². The van der Waals surface area contributed by atoms with E-state index in [2.05, 4.69) is 21.2 Å². The Bertz CT molecular complexity index is 363. The van der Waals surface area contributed by atoms with E-state index < -0.39 is 5.97 Å². The fourth-order valence-electron chi connectivity index (χ4n) is 1.81. The van der Waals surface area contributed by atoms with Gasteiger partial charge in [0.2, 0.25) is 5.91 Å². The molecule has 0 saturated heterocycles. The molecule has 0 heterocycles. The van der Waals surface area contributed by atoms with Crippen molar-refractivity contribution in [2.75, 3.05) is 5.33 Å². The molecule has 18 heavy (non-hydrogen) atoms. The smallest absolute Gasteiger partial charge is 0.352 e. The molecule has 0 aromatic rings. The number of nitrogens with one attached hydrogen (secondary N) is 1. The van der Waals surface area contributed by atoms with Crippen LogP contribution in [-0.4, -0.2) is 22.3 Å². The minimum Gasteiger partial charge on any atom is -0.477 e. The minimum atomic E-state index is -1.07. The first-order valence-electron chi connectivity index (χ1n) is 6.19. The van der Waals surface area contributed by atoms with Gasteiger partial charge in [0.05, 0.1) is 0 Å². The molecule has 4 nitrogen and oxygen atoms in total. The molecule has 1 aliphatic rings. The molecule has 0 spiro atoms. The Labute approximate surface area is 116 Å². The first kappa shape index (κ1) is 15.2. The number of carboxylic acid groups (broad SMARTS) is 1. The van der Waals surface area contributed by atoms with E-state index in [1.54, 1.807) is 6.08 Å². The lowest BCUT2D eigenvalue weighted by Crippen LogP contribution is -2.29. The molecule has 1 saturated carbocycles. The number of amides is 1. The van der Waals surface area contributed by atoms with Crippen molar-refractivity contribution < 1.29 is 14.7 Å². The monoisotopic (exact) mass is 317 g/mol. The number of halogens is 1. The predicted octanol–water partition coefficient (Wildman–Crippen LogP) is 2.68. The van der Waals surface area contributed by atoms with Gasteiger partial charge in [0.1, 0.15) is 5.70 Å². The fraction of sp³-hybridized carbons (Fsp3) is 0.692. The number of rotatable bonds is 7. The van der Waals surface area contributed by atoms with Crippen LogP contribution in [0.3, 0.4) is 0 Å². The summed E-state index contributed by atoms with van der Waals surface area (Å²) < 4.78 is 0. The van der Waals surface area contributed by atoms with Crippen molar-refractivity contribution in [3.8, 4) is 0 Å². The second-order valence-electron chi connectivity index (χ2n) is 5.34. The molecule has 102 valence electrons. The van der Waals surface area contributed by atoms with Crippen molar-refractivity contribution >= 4 is 27.8 Å². The summed E-state index contributed by atoms with van der Waals surface area (Å²) in [5.41, 5.74) is 0.0289. The maximum absolute atomic E-state index is 11.8. The van der Waals surface area contributed by atoms with Crippen LogP contribution in [0.5, 0.6) is 0 Å². The molecular formula is C13H20BrNO3. The third-order valence-electron chi connectivity index (χ3n) is 3.25. The van der Waals surface area contributed by atoms with Gasteiger partial charge in [-0.15, -0.1) is 0 Å². The van der Waals surface area contributed by atoms with Gasteiger partial charge in [0.25, 0.3) is 0 Å². The second-order valence-corrected chi connectivity index (χ2v) is 6.14. The summed E-state index contributed by atoms with van der Waals surface area (Å²) in [4.78, 5) is 22.8. The summed E-state index contributed by atoms with van der Waals surface area (Å²) in [7, 11) is 0. The standard InChI is InChI=1S/C13H20BrNO3/c1-13(2)8-9(13)11(16)15-10(12(17)18)6-4-3-5-7-14/h6,9H,3-5,7-8H2,1-2H3,(H,15,16)(H,17,18)/b10-6-/t9-/m1/s1. The summed E-state index contributed by atoms with van der Waals surface area (Å²) in [6, 6.07) is 0. The van der Waals surface area contributed by atoms with Crippen LogP contribution in [0.15, 0.2) is 11.8 Å². The molecule has 1 rings (SSSR count). The number of unbranched alkanes of at least 4 members (excludes halogenated alkanes) is 2. The van der Waals surface area contributed by atoms with Crippen molar-refractivity contribution in [1.82, 2.24) is 5.32 Å². The topological polar surface area (TPSA) is 66.4 Å². The average molecular weight is 318 g/mol. The highest BCUT2D eigenvalue weighted by atomic mass is 79.9. The van der Waals surface area contributed by atoms with Crippen LogP contribution in [0, 0.1) is 11.3 Å². The number of aliphatic carboxylic acids is 1. The Morgan fingerprint density at radius 2 is 2.06 bits per heavy atom. The summed E-state index contributed by atoms with van der Waals surface area (Å²) in [6.07, 6.45) is 5.00. The molecule has 0 unspecified atom stereocenters. The largest absolute Gasteiger partial charge is 0.477 e. The first-order chi connectivity index (χ1) is 8.38. The van der Waals surface area contributed by atoms with Crippen molar-refractivity contribution in [2.45, 2.75) is 39.5 Å². The Hall–Kier alpha value is -0.840. The Kier molecular flexibility index (Phi) is 5.38. The lowest BCUT2D eigenvalue weighted by molar-refractivity contribution is -0.135. The summed E-state index contributed by atoms with van der Waals surface area (Å²) >= 11 is 3.32. The first-order valence-corrected chi connectivity index (χ1v) is 7.31. The SMILES string of the molecule is CC1(C)C[C@@H]1C(=O)N/C(=C\CCCCBr)C(=O)O. The van der Waals surface area contributed by atoms with Gasteiger partial charge in [-0.3, -0.25) is 4.79 Å².